The first-order chi connectivity index (χ1) is 7.59. The number of aromatic nitrogens is 2. The predicted molar refractivity (Wildman–Crippen MR) is 62.2 cm³/mol. The zero-order valence-corrected chi connectivity index (χ0v) is 10.1. The molecule has 4 nitrogen and oxygen atoms in total. The van der Waals surface area contributed by atoms with Gasteiger partial charge in [-0.25, -0.2) is 0 Å². The second-order valence-corrected chi connectivity index (χ2v) is 5.59. The molecule has 1 aromatic heterocycles. The van der Waals surface area contributed by atoms with Crippen molar-refractivity contribution in [1.29, 1.82) is 0 Å². The predicted octanol–water partition coefficient (Wildman–Crippen LogP) is 1.65. The normalized spacial score (nSPS) is 35.6. The van der Waals surface area contributed by atoms with Crippen molar-refractivity contribution in [3.05, 3.63) is 12.4 Å². The van der Waals surface area contributed by atoms with Crippen molar-refractivity contribution in [1.82, 2.24) is 9.78 Å². The first-order valence-corrected chi connectivity index (χ1v) is 5.96. The molecule has 3 rings (SSSR count). The van der Waals surface area contributed by atoms with Gasteiger partial charge in [-0.3, -0.25) is 4.68 Å². The highest BCUT2D eigenvalue weighted by atomic mass is 16.5. The Morgan fingerprint density at radius 1 is 1.56 bits per heavy atom. The summed E-state index contributed by atoms with van der Waals surface area (Å²) in [5.41, 5.74) is 1.35. The van der Waals surface area contributed by atoms with Gasteiger partial charge in [0.15, 0.2) is 0 Å². The summed E-state index contributed by atoms with van der Waals surface area (Å²) in [7, 11) is 1.94. The van der Waals surface area contributed by atoms with Crippen LogP contribution in [-0.2, 0) is 11.8 Å². The van der Waals surface area contributed by atoms with Crippen LogP contribution in [0.4, 0.5) is 5.69 Å². The molecule has 1 saturated carbocycles. The Bertz CT molecular complexity index is 399. The van der Waals surface area contributed by atoms with E-state index in [1.165, 1.54) is 6.42 Å². The van der Waals surface area contributed by atoms with Crippen LogP contribution in [0.3, 0.4) is 0 Å². The van der Waals surface area contributed by atoms with Gasteiger partial charge in [-0.05, 0) is 6.42 Å². The van der Waals surface area contributed by atoms with Gasteiger partial charge in [0.2, 0.25) is 0 Å². The largest absolute Gasteiger partial charge is 0.379 e. The Hall–Kier alpha value is -1.03. The fourth-order valence-electron chi connectivity index (χ4n) is 3.29. The number of aryl methyl sites for hydroxylation is 1. The Kier molecular flexibility index (Phi) is 2.05. The average molecular weight is 221 g/mol. The third-order valence-electron chi connectivity index (χ3n) is 4.13. The summed E-state index contributed by atoms with van der Waals surface area (Å²) in [6.07, 6.45) is 5.55. The Morgan fingerprint density at radius 2 is 2.38 bits per heavy atom. The first-order valence-electron chi connectivity index (χ1n) is 5.96. The molecule has 3 unspecified atom stereocenters. The van der Waals surface area contributed by atoms with E-state index in [1.807, 2.05) is 24.1 Å². The lowest BCUT2D eigenvalue weighted by molar-refractivity contribution is -0.0923. The van der Waals surface area contributed by atoms with E-state index in [0.717, 1.165) is 12.3 Å². The molecule has 2 aliphatic rings. The van der Waals surface area contributed by atoms with Gasteiger partial charge in [0.05, 0.1) is 18.0 Å². The quantitative estimate of drug-likeness (QED) is 0.825. The number of ether oxygens (including phenoxy) is 1. The molecule has 16 heavy (non-hydrogen) atoms. The number of hydrogen-bond donors (Lipinski definition) is 1. The molecular weight excluding hydrogens is 202 g/mol. The fourth-order valence-corrected chi connectivity index (χ4v) is 3.29. The zero-order chi connectivity index (χ0) is 11.3. The van der Waals surface area contributed by atoms with Crippen molar-refractivity contribution in [2.75, 3.05) is 11.9 Å². The number of rotatable bonds is 2. The van der Waals surface area contributed by atoms with Gasteiger partial charge in [-0.2, -0.15) is 5.10 Å². The van der Waals surface area contributed by atoms with E-state index in [2.05, 4.69) is 24.3 Å². The molecule has 4 heteroatoms. The molecule has 1 aliphatic carbocycles. The Morgan fingerprint density at radius 3 is 3.06 bits per heavy atom. The molecule has 0 radical (unpaired) electrons. The molecule has 0 amide bonds. The van der Waals surface area contributed by atoms with Crippen LogP contribution in [-0.4, -0.2) is 28.5 Å². The summed E-state index contributed by atoms with van der Waals surface area (Å²) in [5.74, 6) is 0.676. The first kappa shape index (κ1) is 10.1. The molecule has 3 atom stereocenters. The van der Waals surface area contributed by atoms with Crippen LogP contribution < -0.4 is 5.32 Å². The monoisotopic (exact) mass is 221 g/mol. The lowest BCUT2D eigenvalue weighted by atomic mass is 9.57. The molecule has 0 spiro atoms. The van der Waals surface area contributed by atoms with E-state index < -0.39 is 0 Å². The summed E-state index contributed by atoms with van der Waals surface area (Å²) in [5, 5.41) is 7.78. The molecular formula is C12H19N3O. The summed E-state index contributed by atoms with van der Waals surface area (Å²) < 4.78 is 7.61. The van der Waals surface area contributed by atoms with Crippen LogP contribution in [0, 0.1) is 11.3 Å². The van der Waals surface area contributed by atoms with Gasteiger partial charge < -0.3 is 10.1 Å². The van der Waals surface area contributed by atoms with Gasteiger partial charge in [0, 0.05) is 37.2 Å². The second kappa shape index (κ2) is 3.23. The Balaban J connectivity index is 1.75. The highest BCUT2D eigenvalue weighted by Gasteiger charge is 2.59. The molecule has 0 aromatic carbocycles. The van der Waals surface area contributed by atoms with Crippen molar-refractivity contribution < 1.29 is 4.74 Å². The number of fused-ring (bicyclic) bond motifs is 1. The molecule has 1 saturated heterocycles. The second-order valence-electron chi connectivity index (χ2n) is 5.59. The SMILES string of the molecule is Cn1cc(NC2C3CCOC3C2(C)C)cn1. The van der Waals surface area contributed by atoms with Gasteiger partial charge in [-0.1, -0.05) is 13.8 Å². The zero-order valence-electron chi connectivity index (χ0n) is 10.1. The standard InChI is InChI=1S/C12H19N3O/c1-12(2)10(9-4-5-16-11(9)12)14-8-6-13-15(3)7-8/h6-7,9-11,14H,4-5H2,1-3H3. The minimum Gasteiger partial charge on any atom is -0.379 e. The van der Waals surface area contributed by atoms with Crippen LogP contribution >= 0.6 is 0 Å². The van der Waals surface area contributed by atoms with E-state index >= 15 is 0 Å². The van der Waals surface area contributed by atoms with Crippen molar-refractivity contribution in [2.45, 2.75) is 32.4 Å². The number of anilines is 1. The smallest absolute Gasteiger partial charge is 0.0728 e. The van der Waals surface area contributed by atoms with E-state index in [0.29, 0.717) is 18.1 Å². The molecule has 2 heterocycles. The molecule has 1 aliphatic heterocycles. The molecule has 88 valence electrons. The fraction of sp³-hybridized carbons (Fsp3) is 0.750. The highest BCUT2D eigenvalue weighted by molar-refractivity contribution is 5.42. The van der Waals surface area contributed by atoms with E-state index in [1.54, 1.807) is 0 Å². The van der Waals surface area contributed by atoms with Crippen molar-refractivity contribution in [3.8, 4) is 0 Å². The summed E-state index contributed by atoms with van der Waals surface area (Å²) in [6, 6.07) is 0.518. The van der Waals surface area contributed by atoms with Gasteiger partial charge in [-0.15, -0.1) is 0 Å². The molecule has 2 fully saturated rings. The van der Waals surface area contributed by atoms with E-state index in [4.69, 9.17) is 4.74 Å². The van der Waals surface area contributed by atoms with Crippen LogP contribution in [0.25, 0.3) is 0 Å². The van der Waals surface area contributed by atoms with Crippen LogP contribution in [0.5, 0.6) is 0 Å². The maximum absolute atomic E-state index is 5.78. The minimum atomic E-state index is 0.233. The van der Waals surface area contributed by atoms with Gasteiger partial charge >= 0.3 is 0 Å². The van der Waals surface area contributed by atoms with Gasteiger partial charge in [0.25, 0.3) is 0 Å². The lowest BCUT2D eigenvalue weighted by Gasteiger charge is -2.54. The topological polar surface area (TPSA) is 39.1 Å². The van der Waals surface area contributed by atoms with E-state index in [-0.39, 0.29) is 5.41 Å². The van der Waals surface area contributed by atoms with Gasteiger partial charge in [0.1, 0.15) is 0 Å². The minimum absolute atomic E-state index is 0.233. The van der Waals surface area contributed by atoms with Crippen LogP contribution in [0.15, 0.2) is 12.4 Å². The summed E-state index contributed by atoms with van der Waals surface area (Å²) >= 11 is 0. The third-order valence-corrected chi connectivity index (χ3v) is 4.13. The third kappa shape index (κ3) is 1.29. The van der Waals surface area contributed by atoms with Crippen LogP contribution in [0.1, 0.15) is 20.3 Å². The maximum atomic E-state index is 5.78. The lowest BCUT2D eigenvalue weighted by Crippen LogP contribution is -2.63. The number of nitrogens with zero attached hydrogens (tertiary/aromatic N) is 2. The molecule has 1 N–H and O–H groups in total. The van der Waals surface area contributed by atoms with Crippen molar-refractivity contribution in [3.63, 3.8) is 0 Å². The average Bonchev–Trinajstić information content (AvgIpc) is 2.81. The maximum Gasteiger partial charge on any atom is 0.0728 e. The number of nitrogens with one attached hydrogen (secondary N) is 1. The number of hydrogen-bond acceptors (Lipinski definition) is 3. The summed E-state index contributed by atoms with van der Waals surface area (Å²) in [6.45, 7) is 5.49. The highest BCUT2D eigenvalue weighted by Crippen LogP contribution is 2.53. The molecule has 1 aromatic rings. The van der Waals surface area contributed by atoms with Crippen molar-refractivity contribution >= 4 is 5.69 Å². The van der Waals surface area contributed by atoms with Crippen molar-refractivity contribution in [2.24, 2.45) is 18.4 Å². The summed E-state index contributed by atoms with van der Waals surface area (Å²) in [4.78, 5) is 0. The van der Waals surface area contributed by atoms with Crippen LogP contribution in [0.2, 0.25) is 0 Å². The Labute approximate surface area is 96.0 Å². The molecule has 0 bridgehead atoms. The van der Waals surface area contributed by atoms with E-state index in [9.17, 15) is 0 Å².